The summed E-state index contributed by atoms with van der Waals surface area (Å²) in [7, 11) is 0. The van der Waals surface area contributed by atoms with Crippen LogP contribution in [0.3, 0.4) is 0 Å². The minimum Gasteiger partial charge on any atom is -0.516 e. The Labute approximate surface area is 82.2 Å². The molecule has 0 atom stereocenters. The van der Waals surface area contributed by atoms with E-state index in [0.29, 0.717) is 0 Å². The lowest BCUT2D eigenvalue weighted by Gasteiger charge is -1.96. The molecule has 0 aromatic carbocycles. The van der Waals surface area contributed by atoms with Gasteiger partial charge in [-0.1, -0.05) is 51.2 Å². The molecule has 0 saturated carbocycles. The van der Waals surface area contributed by atoms with Gasteiger partial charge in [0, 0.05) is 0 Å². The van der Waals surface area contributed by atoms with Gasteiger partial charge in [-0.05, 0) is 18.9 Å². The first kappa shape index (κ1) is 12.3. The SMILES string of the molecule is CCCCCCCC/C=C/C=C\O. The summed E-state index contributed by atoms with van der Waals surface area (Å²) in [6, 6.07) is 0. The van der Waals surface area contributed by atoms with Crippen LogP contribution in [0, 0.1) is 0 Å². The zero-order chi connectivity index (χ0) is 9.78. The fourth-order valence-corrected chi connectivity index (χ4v) is 1.27. The minimum atomic E-state index is 1.07. The molecule has 13 heavy (non-hydrogen) atoms. The molecule has 0 spiro atoms. The molecule has 0 aliphatic heterocycles. The van der Waals surface area contributed by atoms with Crippen molar-refractivity contribution in [1.82, 2.24) is 0 Å². The van der Waals surface area contributed by atoms with Gasteiger partial charge in [0.2, 0.25) is 0 Å². The summed E-state index contributed by atoms with van der Waals surface area (Å²) in [4.78, 5) is 0. The maximum atomic E-state index is 8.33. The molecule has 76 valence electrons. The summed E-state index contributed by atoms with van der Waals surface area (Å²) in [5.74, 6) is 0. The molecular formula is C12H22O. The van der Waals surface area contributed by atoms with Crippen LogP contribution in [0.4, 0.5) is 0 Å². The first-order valence-electron chi connectivity index (χ1n) is 5.37. The number of aliphatic hydroxyl groups excluding tert-OH is 1. The van der Waals surface area contributed by atoms with Gasteiger partial charge in [-0.2, -0.15) is 0 Å². The highest BCUT2D eigenvalue weighted by Gasteiger charge is 1.87. The molecule has 1 nitrogen and oxygen atoms in total. The van der Waals surface area contributed by atoms with Crippen LogP contribution in [0.1, 0.15) is 51.9 Å². The normalized spacial score (nSPS) is 11.8. The summed E-state index contributed by atoms with van der Waals surface area (Å²) in [6.45, 7) is 2.24. The molecule has 0 unspecified atom stereocenters. The first-order chi connectivity index (χ1) is 6.41. The van der Waals surface area contributed by atoms with E-state index in [2.05, 4.69) is 13.0 Å². The molecule has 1 N–H and O–H groups in total. The van der Waals surface area contributed by atoms with E-state index in [9.17, 15) is 0 Å². The molecule has 1 heteroatoms. The van der Waals surface area contributed by atoms with E-state index >= 15 is 0 Å². The van der Waals surface area contributed by atoms with Gasteiger partial charge in [0.1, 0.15) is 0 Å². The van der Waals surface area contributed by atoms with Crippen LogP contribution in [-0.2, 0) is 0 Å². The third-order valence-electron chi connectivity index (χ3n) is 2.06. The Hall–Kier alpha value is -0.720. The third-order valence-corrected chi connectivity index (χ3v) is 2.06. The zero-order valence-electron chi connectivity index (χ0n) is 8.71. The van der Waals surface area contributed by atoms with E-state index in [1.807, 2.05) is 6.08 Å². The number of aliphatic hydroxyl groups is 1. The lowest BCUT2D eigenvalue weighted by Crippen LogP contribution is -1.77. The highest BCUT2D eigenvalue weighted by Crippen LogP contribution is 2.06. The van der Waals surface area contributed by atoms with E-state index in [-0.39, 0.29) is 0 Å². The Bertz CT molecular complexity index is 136. The molecular weight excluding hydrogens is 160 g/mol. The Balaban J connectivity index is 2.99. The van der Waals surface area contributed by atoms with Gasteiger partial charge in [0.05, 0.1) is 6.26 Å². The van der Waals surface area contributed by atoms with Gasteiger partial charge in [0.15, 0.2) is 0 Å². The number of rotatable bonds is 8. The largest absolute Gasteiger partial charge is 0.516 e. The number of hydrogen-bond donors (Lipinski definition) is 1. The Morgan fingerprint density at radius 3 is 2.31 bits per heavy atom. The smallest absolute Gasteiger partial charge is 0.0791 e. The Kier molecular flexibility index (Phi) is 10.7. The van der Waals surface area contributed by atoms with E-state index in [0.717, 1.165) is 12.7 Å². The predicted molar refractivity (Wildman–Crippen MR) is 58.9 cm³/mol. The van der Waals surface area contributed by atoms with Crippen molar-refractivity contribution < 1.29 is 5.11 Å². The van der Waals surface area contributed by atoms with Gasteiger partial charge in [-0.3, -0.25) is 0 Å². The monoisotopic (exact) mass is 182 g/mol. The minimum absolute atomic E-state index is 1.07. The second-order valence-electron chi connectivity index (χ2n) is 3.33. The second kappa shape index (κ2) is 11.3. The van der Waals surface area contributed by atoms with Crippen LogP contribution in [-0.4, -0.2) is 5.11 Å². The van der Waals surface area contributed by atoms with E-state index in [4.69, 9.17) is 5.11 Å². The molecule has 0 bridgehead atoms. The van der Waals surface area contributed by atoms with Crippen molar-refractivity contribution in [3.63, 3.8) is 0 Å². The van der Waals surface area contributed by atoms with Crippen LogP contribution < -0.4 is 0 Å². The molecule has 0 fully saturated rings. The highest BCUT2D eigenvalue weighted by atomic mass is 16.2. The van der Waals surface area contributed by atoms with E-state index < -0.39 is 0 Å². The molecule has 0 aromatic rings. The molecule has 0 aliphatic rings. The number of unbranched alkanes of at least 4 members (excludes halogenated alkanes) is 6. The summed E-state index contributed by atoms with van der Waals surface area (Å²) in [6.07, 6.45) is 15.9. The molecule has 0 amide bonds. The van der Waals surface area contributed by atoms with E-state index in [1.54, 1.807) is 6.08 Å². The van der Waals surface area contributed by atoms with Crippen LogP contribution in [0.25, 0.3) is 0 Å². The fourth-order valence-electron chi connectivity index (χ4n) is 1.27. The van der Waals surface area contributed by atoms with Gasteiger partial charge >= 0.3 is 0 Å². The standard InChI is InChI=1S/C12H22O/c1-2-3-4-5-6-7-8-9-10-11-12-13/h9-13H,2-8H2,1H3/b10-9+,12-11-. The van der Waals surface area contributed by atoms with Gasteiger partial charge in [-0.15, -0.1) is 0 Å². The molecule has 0 saturated heterocycles. The Morgan fingerprint density at radius 2 is 1.62 bits per heavy atom. The summed E-state index contributed by atoms with van der Waals surface area (Å²) >= 11 is 0. The van der Waals surface area contributed by atoms with Crippen LogP contribution >= 0.6 is 0 Å². The fraction of sp³-hybridized carbons (Fsp3) is 0.667. The number of allylic oxidation sites excluding steroid dienone is 3. The maximum absolute atomic E-state index is 8.33. The van der Waals surface area contributed by atoms with Gasteiger partial charge in [-0.25, -0.2) is 0 Å². The first-order valence-corrected chi connectivity index (χ1v) is 5.37. The van der Waals surface area contributed by atoms with Crippen molar-refractivity contribution >= 4 is 0 Å². The average Bonchev–Trinajstić information content (AvgIpc) is 2.16. The molecule has 0 aromatic heterocycles. The van der Waals surface area contributed by atoms with Gasteiger partial charge < -0.3 is 5.11 Å². The van der Waals surface area contributed by atoms with Crippen molar-refractivity contribution in [3.8, 4) is 0 Å². The molecule has 0 radical (unpaired) electrons. The van der Waals surface area contributed by atoms with Crippen LogP contribution in [0.5, 0.6) is 0 Å². The summed E-state index contributed by atoms with van der Waals surface area (Å²) in [5, 5.41) is 8.33. The van der Waals surface area contributed by atoms with Crippen LogP contribution in [0.15, 0.2) is 24.5 Å². The van der Waals surface area contributed by atoms with Crippen molar-refractivity contribution in [2.75, 3.05) is 0 Å². The lowest BCUT2D eigenvalue weighted by atomic mass is 10.1. The highest BCUT2D eigenvalue weighted by molar-refractivity contribution is 4.98. The predicted octanol–water partition coefficient (Wildman–Crippen LogP) is 4.36. The summed E-state index contributed by atoms with van der Waals surface area (Å²) in [5.41, 5.74) is 0. The van der Waals surface area contributed by atoms with Crippen molar-refractivity contribution in [3.05, 3.63) is 24.5 Å². The van der Waals surface area contributed by atoms with Gasteiger partial charge in [0.25, 0.3) is 0 Å². The molecule has 0 rings (SSSR count). The van der Waals surface area contributed by atoms with Crippen LogP contribution in [0.2, 0.25) is 0 Å². The quantitative estimate of drug-likeness (QED) is 0.336. The van der Waals surface area contributed by atoms with Crippen molar-refractivity contribution in [1.29, 1.82) is 0 Å². The number of hydrogen-bond acceptors (Lipinski definition) is 1. The second-order valence-corrected chi connectivity index (χ2v) is 3.33. The zero-order valence-corrected chi connectivity index (χ0v) is 8.71. The molecule has 0 aliphatic carbocycles. The average molecular weight is 182 g/mol. The summed E-state index contributed by atoms with van der Waals surface area (Å²) < 4.78 is 0. The Morgan fingerprint density at radius 1 is 0.923 bits per heavy atom. The van der Waals surface area contributed by atoms with Crippen molar-refractivity contribution in [2.24, 2.45) is 0 Å². The topological polar surface area (TPSA) is 20.2 Å². The van der Waals surface area contributed by atoms with Crippen molar-refractivity contribution in [2.45, 2.75) is 51.9 Å². The molecule has 0 heterocycles. The lowest BCUT2D eigenvalue weighted by molar-refractivity contribution is 0.473. The maximum Gasteiger partial charge on any atom is 0.0791 e. The van der Waals surface area contributed by atoms with E-state index in [1.165, 1.54) is 38.5 Å². The third kappa shape index (κ3) is 11.3.